The van der Waals surface area contributed by atoms with E-state index in [0.29, 0.717) is 17.5 Å². The van der Waals surface area contributed by atoms with Crippen molar-refractivity contribution in [1.29, 1.82) is 0 Å². The molecule has 0 unspecified atom stereocenters. The zero-order chi connectivity index (χ0) is 20.3. The van der Waals surface area contributed by atoms with Crippen LogP contribution in [0.4, 0.5) is 5.69 Å². The molecule has 8 heteroatoms. The average Bonchev–Trinajstić information content (AvgIpc) is 3.20. The van der Waals surface area contributed by atoms with E-state index < -0.39 is 0 Å². The number of fused-ring (bicyclic) bond motifs is 1. The van der Waals surface area contributed by atoms with Gasteiger partial charge in [-0.1, -0.05) is 12.1 Å². The van der Waals surface area contributed by atoms with E-state index in [4.69, 9.17) is 26.1 Å². The van der Waals surface area contributed by atoms with Gasteiger partial charge in [0.25, 0.3) is 6.01 Å². The van der Waals surface area contributed by atoms with Gasteiger partial charge in [-0.2, -0.15) is 4.98 Å². The Morgan fingerprint density at radius 2 is 1.87 bits per heavy atom. The minimum absolute atomic E-state index is 0.187. The monoisotopic (exact) mass is 427 g/mol. The minimum Gasteiger partial charge on any atom is -0.461 e. The van der Waals surface area contributed by atoms with Crippen LogP contribution in [0, 0.1) is 0 Å². The van der Waals surface area contributed by atoms with Gasteiger partial charge in [-0.25, -0.2) is 4.98 Å². The SMILES string of the molecule is ClCc1cc2[nH]c(OC3CCNCC3)nc2nc1-c1ccc(N2CCOCC2)cc1. The maximum atomic E-state index is 6.26. The number of nitrogens with one attached hydrogen (secondary N) is 2. The first-order valence-corrected chi connectivity index (χ1v) is 11.1. The molecule has 4 heterocycles. The van der Waals surface area contributed by atoms with E-state index in [1.807, 2.05) is 6.07 Å². The number of hydrogen-bond donors (Lipinski definition) is 2. The Balaban J connectivity index is 1.41. The predicted molar refractivity (Wildman–Crippen MR) is 118 cm³/mol. The van der Waals surface area contributed by atoms with Gasteiger partial charge in [-0.05, 0) is 49.7 Å². The number of aromatic amines is 1. The molecule has 0 radical (unpaired) electrons. The highest BCUT2D eigenvalue weighted by atomic mass is 35.5. The van der Waals surface area contributed by atoms with E-state index in [0.717, 1.165) is 74.6 Å². The predicted octanol–water partition coefficient (Wildman–Crippen LogP) is 3.33. The van der Waals surface area contributed by atoms with Crippen LogP contribution in [-0.2, 0) is 10.6 Å². The first-order valence-electron chi connectivity index (χ1n) is 10.6. The van der Waals surface area contributed by atoms with Crippen LogP contribution in [0.15, 0.2) is 30.3 Å². The lowest BCUT2D eigenvalue weighted by atomic mass is 10.1. The summed E-state index contributed by atoms with van der Waals surface area (Å²) >= 11 is 6.26. The summed E-state index contributed by atoms with van der Waals surface area (Å²) in [6, 6.07) is 11.1. The van der Waals surface area contributed by atoms with E-state index in [1.165, 1.54) is 5.69 Å². The molecule has 0 saturated carbocycles. The number of anilines is 1. The zero-order valence-corrected chi connectivity index (χ0v) is 17.6. The molecule has 2 aromatic heterocycles. The number of morpholine rings is 1. The van der Waals surface area contributed by atoms with Crippen molar-refractivity contribution in [1.82, 2.24) is 20.3 Å². The normalized spacial score (nSPS) is 18.1. The van der Waals surface area contributed by atoms with Crippen LogP contribution in [0.2, 0.25) is 0 Å². The lowest BCUT2D eigenvalue weighted by molar-refractivity contribution is 0.122. The Hall–Kier alpha value is -2.35. The van der Waals surface area contributed by atoms with Crippen molar-refractivity contribution in [3.8, 4) is 17.3 Å². The van der Waals surface area contributed by atoms with Crippen LogP contribution in [0.5, 0.6) is 6.01 Å². The Morgan fingerprint density at radius 3 is 2.60 bits per heavy atom. The molecule has 158 valence electrons. The molecule has 0 aliphatic carbocycles. The minimum atomic E-state index is 0.187. The second kappa shape index (κ2) is 8.79. The highest BCUT2D eigenvalue weighted by molar-refractivity contribution is 6.17. The van der Waals surface area contributed by atoms with Gasteiger partial charge in [0.15, 0.2) is 5.65 Å². The van der Waals surface area contributed by atoms with Crippen LogP contribution < -0.4 is 15.0 Å². The summed E-state index contributed by atoms with van der Waals surface area (Å²) in [6.07, 6.45) is 2.16. The number of alkyl halides is 1. The van der Waals surface area contributed by atoms with Gasteiger partial charge in [0.1, 0.15) is 6.10 Å². The molecule has 2 fully saturated rings. The summed E-state index contributed by atoms with van der Waals surface area (Å²) in [5, 5.41) is 3.35. The lowest BCUT2D eigenvalue weighted by Gasteiger charge is -2.28. The largest absolute Gasteiger partial charge is 0.461 e. The van der Waals surface area contributed by atoms with Crippen LogP contribution in [-0.4, -0.2) is 60.4 Å². The van der Waals surface area contributed by atoms with Crippen LogP contribution in [0.3, 0.4) is 0 Å². The van der Waals surface area contributed by atoms with Crippen molar-refractivity contribution in [3.05, 3.63) is 35.9 Å². The molecule has 30 heavy (non-hydrogen) atoms. The molecule has 2 saturated heterocycles. The number of piperidine rings is 1. The molecule has 0 spiro atoms. The quantitative estimate of drug-likeness (QED) is 0.608. The number of H-pyrrole nitrogens is 1. The number of aromatic nitrogens is 3. The van der Waals surface area contributed by atoms with E-state index >= 15 is 0 Å². The number of rotatable bonds is 5. The van der Waals surface area contributed by atoms with Gasteiger partial charge in [0.05, 0.1) is 24.4 Å². The summed E-state index contributed by atoms with van der Waals surface area (Å²) < 4.78 is 11.5. The third kappa shape index (κ3) is 4.10. The average molecular weight is 428 g/mol. The zero-order valence-electron chi connectivity index (χ0n) is 16.9. The van der Waals surface area contributed by atoms with Crippen molar-refractivity contribution in [2.24, 2.45) is 0 Å². The fourth-order valence-corrected chi connectivity index (χ4v) is 4.30. The van der Waals surface area contributed by atoms with Crippen molar-refractivity contribution >= 4 is 28.5 Å². The van der Waals surface area contributed by atoms with Gasteiger partial charge < -0.3 is 24.7 Å². The number of ether oxygens (including phenoxy) is 2. The Kier molecular flexibility index (Phi) is 5.75. The van der Waals surface area contributed by atoms with E-state index in [2.05, 4.69) is 44.5 Å². The van der Waals surface area contributed by atoms with Crippen molar-refractivity contribution in [2.45, 2.75) is 24.8 Å². The number of halogens is 1. The van der Waals surface area contributed by atoms with E-state index in [-0.39, 0.29) is 6.10 Å². The summed E-state index contributed by atoms with van der Waals surface area (Å²) in [7, 11) is 0. The van der Waals surface area contributed by atoms with Gasteiger partial charge in [-0.15, -0.1) is 11.6 Å². The molecule has 3 aromatic rings. The maximum absolute atomic E-state index is 6.26. The Bertz CT molecular complexity index is 995. The second-order valence-corrected chi connectivity index (χ2v) is 8.02. The third-order valence-corrected chi connectivity index (χ3v) is 6.04. The maximum Gasteiger partial charge on any atom is 0.296 e. The second-order valence-electron chi connectivity index (χ2n) is 7.76. The number of imidazole rings is 1. The van der Waals surface area contributed by atoms with Crippen molar-refractivity contribution in [2.75, 3.05) is 44.3 Å². The molecular weight excluding hydrogens is 402 g/mol. The molecule has 0 atom stereocenters. The van der Waals surface area contributed by atoms with Gasteiger partial charge >= 0.3 is 0 Å². The van der Waals surface area contributed by atoms with Crippen LogP contribution >= 0.6 is 11.6 Å². The molecule has 0 amide bonds. The fraction of sp³-hybridized carbons (Fsp3) is 0.455. The molecule has 1 aromatic carbocycles. The number of pyridine rings is 1. The van der Waals surface area contributed by atoms with Gasteiger partial charge in [0.2, 0.25) is 0 Å². The Morgan fingerprint density at radius 1 is 1.10 bits per heavy atom. The Labute approximate surface area is 180 Å². The van der Waals surface area contributed by atoms with Gasteiger partial charge in [-0.3, -0.25) is 0 Å². The molecule has 0 bridgehead atoms. The standard InChI is InChI=1S/C22H26ClN5O2/c23-14-16-13-19-21(27-22(25-19)30-18-5-7-24-8-6-18)26-20(16)15-1-3-17(4-2-15)28-9-11-29-12-10-28/h1-4,13,18,24H,5-12,14H2,(H,25,26,27). The smallest absolute Gasteiger partial charge is 0.296 e. The van der Waals surface area contributed by atoms with Crippen molar-refractivity contribution < 1.29 is 9.47 Å². The highest BCUT2D eigenvalue weighted by Crippen LogP contribution is 2.29. The molecule has 2 aliphatic heterocycles. The summed E-state index contributed by atoms with van der Waals surface area (Å²) in [6.45, 7) is 5.34. The molecule has 7 nitrogen and oxygen atoms in total. The first-order chi connectivity index (χ1) is 14.8. The van der Waals surface area contributed by atoms with Gasteiger partial charge in [0, 0.05) is 30.2 Å². The van der Waals surface area contributed by atoms with Crippen molar-refractivity contribution in [3.63, 3.8) is 0 Å². The number of nitrogens with zero attached hydrogens (tertiary/aromatic N) is 3. The summed E-state index contributed by atoms with van der Waals surface area (Å²) in [5.74, 6) is 0.382. The molecule has 2 aliphatic rings. The first kappa shape index (κ1) is 19.6. The highest BCUT2D eigenvalue weighted by Gasteiger charge is 2.18. The fourth-order valence-electron chi connectivity index (χ4n) is 4.09. The van der Waals surface area contributed by atoms with Crippen LogP contribution in [0.1, 0.15) is 18.4 Å². The lowest BCUT2D eigenvalue weighted by Crippen LogP contribution is -2.36. The molecule has 5 rings (SSSR count). The number of benzene rings is 1. The van der Waals surface area contributed by atoms with Crippen LogP contribution in [0.25, 0.3) is 22.4 Å². The van der Waals surface area contributed by atoms with E-state index in [1.54, 1.807) is 0 Å². The molecule has 2 N–H and O–H groups in total. The number of hydrogen-bond acceptors (Lipinski definition) is 6. The summed E-state index contributed by atoms with van der Waals surface area (Å²) in [4.78, 5) is 15.0. The summed E-state index contributed by atoms with van der Waals surface area (Å²) in [5.41, 5.74) is 5.58. The van der Waals surface area contributed by atoms with E-state index in [9.17, 15) is 0 Å². The third-order valence-electron chi connectivity index (χ3n) is 5.76. The topological polar surface area (TPSA) is 75.3 Å². The molecular formula is C22H26ClN5O2.